The van der Waals surface area contributed by atoms with Gasteiger partial charge in [0.05, 0.1) is 18.0 Å². The van der Waals surface area contributed by atoms with Crippen LogP contribution in [0.25, 0.3) is 0 Å². The molecule has 2 N–H and O–H groups in total. The number of hydrogen-bond acceptors (Lipinski definition) is 4. The first-order chi connectivity index (χ1) is 10.5. The van der Waals surface area contributed by atoms with E-state index >= 15 is 0 Å². The van der Waals surface area contributed by atoms with Gasteiger partial charge in [0.2, 0.25) is 5.91 Å². The van der Waals surface area contributed by atoms with Crippen molar-refractivity contribution in [2.75, 3.05) is 5.32 Å². The van der Waals surface area contributed by atoms with Gasteiger partial charge in [-0.15, -0.1) is 0 Å². The molecule has 0 aliphatic heterocycles. The lowest BCUT2D eigenvalue weighted by Crippen LogP contribution is -2.15. The summed E-state index contributed by atoms with van der Waals surface area (Å²) in [5.41, 5.74) is 2.40. The molecule has 2 aromatic rings. The molecule has 0 saturated carbocycles. The average molecular weight is 300 g/mol. The molecule has 0 radical (unpaired) electrons. The molecular formula is C16H16N2O4. The third kappa shape index (κ3) is 3.67. The highest BCUT2D eigenvalue weighted by atomic mass is 16.6. The lowest BCUT2D eigenvalue weighted by Gasteiger charge is -2.08. The first-order valence-corrected chi connectivity index (χ1v) is 6.74. The third-order valence-electron chi connectivity index (χ3n) is 3.36. The second-order valence-corrected chi connectivity index (χ2v) is 4.90. The van der Waals surface area contributed by atoms with E-state index in [1.54, 1.807) is 43.3 Å². The Morgan fingerprint density at radius 3 is 2.68 bits per heavy atom. The van der Waals surface area contributed by atoms with Gasteiger partial charge in [-0.3, -0.25) is 14.9 Å². The molecule has 114 valence electrons. The Morgan fingerprint density at radius 1 is 1.27 bits per heavy atom. The van der Waals surface area contributed by atoms with Crippen LogP contribution >= 0.6 is 0 Å². The van der Waals surface area contributed by atoms with E-state index < -0.39 is 4.92 Å². The van der Waals surface area contributed by atoms with Crippen molar-refractivity contribution >= 4 is 17.3 Å². The van der Waals surface area contributed by atoms with Crippen LogP contribution in [0.4, 0.5) is 11.4 Å². The summed E-state index contributed by atoms with van der Waals surface area (Å²) in [5.74, 6) is -0.265. The molecular weight excluding hydrogens is 284 g/mol. The minimum Gasteiger partial charge on any atom is -0.392 e. The Kier molecular flexibility index (Phi) is 4.85. The number of anilines is 1. The summed E-state index contributed by atoms with van der Waals surface area (Å²) >= 11 is 0. The van der Waals surface area contributed by atoms with E-state index in [-0.39, 0.29) is 24.6 Å². The molecule has 0 atom stereocenters. The molecule has 2 rings (SSSR count). The molecule has 22 heavy (non-hydrogen) atoms. The zero-order valence-corrected chi connectivity index (χ0v) is 12.1. The summed E-state index contributed by atoms with van der Waals surface area (Å²) in [7, 11) is 0. The van der Waals surface area contributed by atoms with Crippen molar-refractivity contribution in [3.63, 3.8) is 0 Å². The highest BCUT2D eigenvalue weighted by molar-refractivity contribution is 5.92. The van der Waals surface area contributed by atoms with Crippen LogP contribution in [0.15, 0.2) is 42.5 Å². The van der Waals surface area contributed by atoms with E-state index in [4.69, 9.17) is 5.11 Å². The monoisotopic (exact) mass is 300 g/mol. The van der Waals surface area contributed by atoms with Gasteiger partial charge in [-0.05, 0) is 30.2 Å². The van der Waals surface area contributed by atoms with Gasteiger partial charge in [0.1, 0.15) is 0 Å². The quantitative estimate of drug-likeness (QED) is 0.655. The average Bonchev–Trinajstić information content (AvgIpc) is 2.49. The van der Waals surface area contributed by atoms with E-state index in [1.807, 2.05) is 0 Å². The number of amides is 1. The second kappa shape index (κ2) is 6.82. The number of nitro groups is 1. The fourth-order valence-electron chi connectivity index (χ4n) is 2.18. The predicted octanol–water partition coefficient (Wildman–Crippen LogP) is 2.58. The van der Waals surface area contributed by atoms with Gasteiger partial charge < -0.3 is 10.4 Å². The number of nitro benzene ring substituents is 1. The minimum absolute atomic E-state index is 0.00702. The summed E-state index contributed by atoms with van der Waals surface area (Å²) in [6, 6.07) is 11.6. The largest absolute Gasteiger partial charge is 0.392 e. The van der Waals surface area contributed by atoms with Gasteiger partial charge in [0.25, 0.3) is 5.69 Å². The molecule has 0 fully saturated rings. The van der Waals surface area contributed by atoms with Crippen molar-refractivity contribution in [3.05, 3.63) is 69.3 Å². The number of nitrogens with one attached hydrogen (secondary N) is 1. The summed E-state index contributed by atoms with van der Waals surface area (Å²) in [6.07, 6.45) is 0.0524. The number of hydrogen-bond donors (Lipinski definition) is 2. The molecule has 0 bridgehead atoms. The molecule has 1 amide bonds. The lowest BCUT2D eigenvalue weighted by molar-refractivity contribution is -0.385. The first kappa shape index (κ1) is 15.7. The molecule has 0 aliphatic rings. The summed E-state index contributed by atoms with van der Waals surface area (Å²) in [5, 5.41) is 22.7. The van der Waals surface area contributed by atoms with Gasteiger partial charge >= 0.3 is 0 Å². The van der Waals surface area contributed by atoms with Crippen molar-refractivity contribution in [2.24, 2.45) is 0 Å². The maximum atomic E-state index is 12.1. The number of carbonyl (C=O) groups excluding carboxylic acids is 1. The molecule has 0 aliphatic carbocycles. The molecule has 0 unspecified atom stereocenters. The maximum Gasteiger partial charge on any atom is 0.272 e. The highest BCUT2D eigenvalue weighted by Crippen LogP contribution is 2.21. The highest BCUT2D eigenvalue weighted by Gasteiger charge is 2.15. The fraction of sp³-hybridized carbons (Fsp3) is 0.188. The normalized spacial score (nSPS) is 10.3. The number of benzene rings is 2. The Hall–Kier alpha value is -2.73. The smallest absolute Gasteiger partial charge is 0.272 e. The lowest BCUT2D eigenvalue weighted by atomic mass is 10.0. The van der Waals surface area contributed by atoms with Gasteiger partial charge in [-0.25, -0.2) is 0 Å². The fourth-order valence-corrected chi connectivity index (χ4v) is 2.18. The molecule has 6 heteroatoms. The van der Waals surface area contributed by atoms with E-state index in [9.17, 15) is 14.9 Å². The molecule has 2 aromatic carbocycles. The summed E-state index contributed by atoms with van der Waals surface area (Å²) in [6.45, 7) is 1.53. The van der Waals surface area contributed by atoms with E-state index in [0.717, 1.165) is 0 Å². The van der Waals surface area contributed by atoms with Gasteiger partial charge in [0.15, 0.2) is 0 Å². The Balaban J connectivity index is 2.12. The van der Waals surface area contributed by atoms with Crippen molar-refractivity contribution in [1.29, 1.82) is 0 Å². The van der Waals surface area contributed by atoms with Crippen LogP contribution in [-0.2, 0) is 17.8 Å². The summed E-state index contributed by atoms with van der Waals surface area (Å²) < 4.78 is 0. The van der Waals surface area contributed by atoms with E-state index in [2.05, 4.69) is 5.32 Å². The second-order valence-electron chi connectivity index (χ2n) is 4.90. The molecule has 6 nitrogen and oxygen atoms in total. The number of aliphatic hydroxyl groups is 1. The predicted molar refractivity (Wildman–Crippen MR) is 82.5 cm³/mol. The standard InChI is InChI=1S/C16H16N2O4/c1-11-13(5-3-7-15(11)18(21)22)9-16(20)17-14-6-2-4-12(8-14)10-19/h2-8,19H,9-10H2,1H3,(H,17,20). The zero-order chi connectivity index (χ0) is 16.1. The number of rotatable bonds is 5. The van der Waals surface area contributed by atoms with Crippen molar-refractivity contribution in [2.45, 2.75) is 20.0 Å². The van der Waals surface area contributed by atoms with Crippen LogP contribution in [0.1, 0.15) is 16.7 Å². The van der Waals surface area contributed by atoms with Crippen LogP contribution in [0.3, 0.4) is 0 Å². The zero-order valence-electron chi connectivity index (χ0n) is 12.1. The SMILES string of the molecule is Cc1c(CC(=O)Nc2cccc(CO)c2)cccc1[N+](=O)[O-]. The van der Waals surface area contributed by atoms with E-state index in [0.29, 0.717) is 22.4 Å². The topological polar surface area (TPSA) is 92.5 Å². The minimum atomic E-state index is -0.457. The van der Waals surface area contributed by atoms with Crippen molar-refractivity contribution in [3.8, 4) is 0 Å². The van der Waals surface area contributed by atoms with Crippen molar-refractivity contribution in [1.82, 2.24) is 0 Å². The molecule has 0 aromatic heterocycles. The van der Waals surface area contributed by atoms with Crippen LogP contribution in [-0.4, -0.2) is 15.9 Å². The Labute approximate surface area is 127 Å². The van der Waals surface area contributed by atoms with Gasteiger partial charge in [-0.2, -0.15) is 0 Å². The number of carbonyl (C=O) groups is 1. The maximum absolute atomic E-state index is 12.1. The van der Waals surface area contributed by atoms with Crippen molar-refractivity contribution < 1.29 is 14.8 Å². The Morgan fingerprint density at radius 2 is 2.00 bits per heavy atom. The van der Waals surface area contributed by atoms with E-state index in [1.165, 1.54) is 6.07 Å². The Bertz CT molecular complexity index is 713. The number of nitrogens with zero attached hydrogens (tertiary/aromatic N) is 1. The molecule has 0 saturated heterocycles. The van der Waals surface area contributed by atoms with Crippen LogP contribution in [0, 0.1) is 17.0 Å². The van der Waals surface area contributed by atoms with Gasteiger partial charge in [0, 0.05) is 17.3 Å². The van der Waals surface area contributed by atoms with Crippen LogP contribution in [0.2, 0.25) is 0 Å². The molecule has 0 heterocycles. The molecule has 0 spiro atoms. The third-order valence-corrected chi connectivity index (χ3v) is 3.36. The van der Waals surface area contributed by atoms with Gasteiger partial charge in [-0.1, -0.05) is 24.3 Å². The van der Waals surface area contributed by atoms with Crippen LogP contribution < -0.4 is 5.32 Å². The first-order valence-electron chi connectivity index (χ1n) is 6.74. The summed E-state index contributed by atoms with van der Waals surface area (Å²) in [4.78, 5) is 22.5. The number of aliphatic hydroxyl groups excluding tert-OH is 1. The van der Waals surface area contributed by atoms with Crippen LogP contribution in [0.5, 0.6) is 0 Å².